The number of rotatable bonds is 7. The molecule has 0 aromatic carbocycles. The molecule has 8 nitrogen and oxygen atoms in total. The number of allylic oxidation sites excluding steroid dienone is 4. The predicted molar refractivity (Wildman–Crippen MR) is 141 cm³/mol. The van der Waals surface area contributed by atoms with E-state index < -0.39 is 71.2 Å². The molecule has 40 heavy (non-hydrogen) atoms. The first-order valence-electron chi connectivity index (χ1n) is 14.2. The Bertz CT molecular complexity index is 1080. The molecule has 0 bridgehead atoms. The topological polar surface area (TPSA) is 123 Å². The first-order valence-corrected chi connectivity index (χ1v) is 14.2. The lowest BCUT2D eigenvalue weighted by Crippen LogP contribution is -2.63. The fourth-order valence-corrected chi connectivity index (χ4v) is 6.93. The van der Waals surface area contributed by atoms with Crippen molar-refractivity contribution in [3.8, 4) is 6.07 Å². The molecule has 3 aliphatic rings. The predicted octanol–water partition coefficient (Wildman–Crippen LogP) is 5.34. The van der Waals surface area contributed by atoms with Gasteiger partial charge in [-0.1, -0.05) is 46.6 Å². The molecule has 0 saturated heterocycles. The molecule has 1 N–H and O–H groups in total. The summed E-state index contributed by atoms with van der Waals surface area (Å²) in [5.74, 6) is -3.66. The van der Waals surface area contributed by atoms with Gasteiger partial charge in [-0.15, -0.1) is 0 Å². The van der Waals surface area contributed by atoms with Gasteiger partial charge in [0.2, 0.25) is 5.60 Å². The molecule has 0 aromatic heterocycles. The van der Waals surface area contributed by atoms with E-state index in [0.29, 0.717) is 0 Å². The van der Waals surface area contributed by atoms with E-state index in [0.717, 1.165) is 18.9 Å². The van der Waals surface area contributed by atoms with Crippen LogP contribution >= 0.6 is 0 Å². The second-order valence-corrected chi connectivity index (χ2v) is 11.8. The normalized spacial score (nSPS) is 37.5. The van der Waals surface area contributed by atoms with Crippen molar-refractivity contribution in [1.82, 2.24) is 0 Å². The molecule has 2 fully saturated rings. The Hall–Kier alpha value is -2.80. The average Bonchev–Trinajstić information content (AvgIpc) is 2.94. The number of aliphatic hydroxyl groups is 1. The molecule has 3 rings (SSSR count). The SMILES string of the molecule is CCC(CC)COC(=O)O[C@@]1(C(=O)OCC#N)CC[C@H](O)[C@@]2(F)[C@@H](C[C@H](F)C3=CC(=O)C=C[C@@]32C)[C@@H](C)C[C@H]1C. The molecule has 3 aliphatic carbocycles. The van der Waals surface area contributed by atoms with E-state index in [1.807, 2.05) is 13.8 Å². The van der Waals surface area contributed by atoms with E-state index in [2.05, 4.69) is 0 Å². The second-order valence-electron chi connectivity index (χ2n) is 11.8. The Morgan fingerprint density at radius 2 is 1.90 bits per heavy atom. The van der Waals surface area contributed by atoms with Crippen LogP contribution in [0.1, 0.15) is 73.1 Å². The van der Waals surface area contributed by atoms with E-state index in [1.54, 1.807) is 19.9 Å². The Morgan fingerprint density at radius 1 is 1.23 bits per heavy atom. The summed E-state index contributed by atoms with van der Waals surface area (Å²) in [6.45, 7) is 8.25. The summed E-state index contributed by atoms with van der Waals surface area (Å²) < 4.78 is 49.2. The molecule has 0 spiro atoms. The van der Waals surface area contributed by atoms with Gasteiger partial charge >= 0.3 is 12.1 Å². The molecule has 2 saturated carbocycles. The average molecular weight is 566 g/mol. The molecule has 0 unspecified atom stereocenters. The number of carbonyl (C=O) groups is 3. The highest BCUT2D eigenvalue weighted by atomic mass is 19.1. The van der Waals surface area contributed by atoms with Crippen LogP contribution in [-0.2, 0) is 23.8 Å². The quantitative estimate of drug-likeness (QED) is 0.411. The van der Waals surface area contributed by atoms with Gasteiger partial charge in [-0.3, -0.25) is 4.79 Å². The number of nitrogens with zero attached hydrogens (tertiary/aromatic N) is 1. The zero-order chi connectivity index (χ0) is 29.9. The van der Waals surface area contributed by atoms with E-state index in [9.17, 15) is 19.5 Å². The summed E-state index contributed by atoms with van der Waals surface area (Å²) in [6.07, 6.45) is -0.0352. The number of ether oxygens (including phenoxy) is 3. The highest BCUT2D eigenvalue weighted by Gasteiger charge is 2.66. The van der Waals surface area contributed by atoms with Crippen LogP contribution in [0.3, 0.4) is 0 Å². The van der Waals surface area contributed by atoms with Gasteiger partial charge in [-0.2, -0.15) is 5.26 Å². The lowest BCUT2D eigenvalue weighted by atomic mass is 9.51. The van der Waals surface area contributed by atoms with Crippen molar-refractivity contribution in [3.63, 3.8) is 0 Å². The Morgan fingerprint density at radius 3 is 2.52 bits per heavy atom. The number of hydrogen-bond acceptors (Lipinski definition) is 8. The van der Waals surface area contributed by atoms with E-state index in [4.69, 9.17) is 19.5 Å². The lowest BCUT2D eigenvalue weighted by molar-refractivity contribution is -0.176. The molecular formula is C30H41F2NO7. The molecule has 0 aliphatic heterocycles. The largest absolute Gasteiger partial charge is 0.509 e. The van der Waals surface area contributed by atoms with Gasteiger partial charge in [0, 0.05) is 23.7 Å². The monoisotopic (exact) mass is 565 g/mol. The Balaban J connectivity index is 2.03. The van der Waals surface area contributed by atoms with Crippen LogP contribution in [0.5, 0.6) is 0 Å². The summed E-state index contributed by atoms with van der Waals surface area (Å²) >= 11 is 0. The zero-order valence-electron chi connectivity index (χ0n) is 24.0. The number of carbonyl (C=O) groups excluding carboxylic acids is 3. The number of nitriles is 1. The third-order valence-electron chi connectivity index (χ3n) is 9.57. The molecule has 8 atom stereocenters. The molecule has 0 aromatic rings. The fraction of sp³-hybridized carbons (Fsp3) is 0.733. The maximum atomic E-state index is 17.5. The first kappa shape index (κ1) is 31.7. The van der Waals surface area contributed by atoms with Gasteiger partial charge in [0.1, 0.15) is 12.2 Å². The van der Waals surface area contributed by atoms with Crippen LogP contribution in [0.25, 0.3) is 0 Å². The number of esters is 1. The minimum Gasteiger partial charge on any atom is -0.447 e. The highest BCUT2D eigenvalue weighted by Crippen LogP contribution is 2.61. The standard InChI is InChI=1S/C30H41F2NO7/c1-6-20(7-2)17-39-27(37)40-29(26(36)38-13-12-33)11-9-25(35)30(32)22(18(3)14-19(29)4)16-24(31)23-15-21(34)8-10-28(23,30)5/h8,10,15,18-20,22,24-25,35H,6-7,9,11,13-14,16-17H2,1-5H3/t18-,19+,22-,24-,25-,28-,29-,30-/m0/s1. The highest BCUT2D eigenvalue weighted by molar-refractivity contribution is 6.01. The molecule has 0 amide bonds. The van der Waals surface area contributed by atoms with Gasteiger partial charge in [0.25, 0.3) is 0 Å². The molecule has 222 valence electrons. The number of halogens is 2. The summed E-state index contributed by atoms with van der Waals surface area (Å²) in [6, 6.07) is 1.72. The van der Waals surface area contributed by atoms with Crippen LogP contribution < -0.4 is 0 Å². The third kappa shape index (κ3) is 5.54. The van der Waals surface area contributed by atoms with Gasteiger partial charge in [0.15, 0.2) is 18.1 Å². The van der Waals surface area contributed by atoms with Crippen molar-refractivity contribution >= 4 is 17.9 Å². The van der Waals surface area contributed by atoms with Gasteiger partial charge in [-0.05, 0) is 55.7 Å². The van der Waals surface area contributed by atoms with Crippen molar-refractivity contribution in [3.05, 3.63) is 23.8 Å². The lowest BCUT2D eigenvalue weighted by Gasteiger charge is -2.56. The maximum Gasteiger partial charge on any atom is 0.509 e. The van der Waals surface area contributed by atoms with Crippen LogP contribution in [0.4, 0.5) is 13.6 Å². The smallest absolute Gasteiger partial charge is 0.447 e. The minimum atomic E-state index is -2.39. The molecule has 10 heteroatoms. The van der Waals surface area contributed by atoms with Gasteiger partial charge < -0.3 is 19.3 Å². The van der Waals surface area contributed by atoms with Gasteiger partial charge in [-0.25, -0.2) is 18.4 Å². The summed E-state index contributed by atoms with van der Waals surface area (Å²) in [5, 5.41) is 20.5. The summed E-state index contributed by atoms with van der Waals surface area (Å²) in [5.41, 5.74) is -5.99. The zero-order valence-corrected chi connectivity index (χ0v) is 24.0. The van der Waals surface area contributed by atoms with Crippen molar-refractivity contribution in [1.29, 1.82) is 5.26 Å². The second kappa shape index (κ2) is 12.4. The van der Waals surface area contributed by atoms with Crippen molar-refractivity contribution < 1.29 is 42.5 Å². The van der Waals surface area contributed by atoms with Crippen LogP contribution in [0, 0.1) is 40.4 Å². The number of alkyl halides is 2. The first-order chi connectivity index (χ1) is 18.8. The van der Waals surface area contributed by atoms with Crippen molar-refractivity contribution in [2.75, 3.05) is 13.2 Å². The number of aliphatic hydroxyl groups excluding tert-OH is 1. The van der Waals surface area contributed by atoms with Crippen molar-refractivity contribution in [2.45, 2.75) is 96.7 Å². The maximum absolute atomic E-state index is 17.5. The third-order valence-corrected chi connectivity index (χ3v) is 9.57. The summed E-state index contributed by atoms with van der Waals surface area (Å²) in [4.78, 5) is 38.4. The van der Waals surface area contributed by atoms with E-state index in [-0.39, 0.29) is 43.8 Å². The van der Waals surface area contributed by atoms with Crippen LogP contribution in [-0.4, -0.2) is 59.8 Å². The van der Waals surface area contributed by atoms with Gasteiger partial charge in [0.05, 0.1) is 12.7 Å². The minimum absolute atomic E-state index is 0.0155. The number of ketones is 1. The van der Waals surface area contributed by atoms with Crippen LogP contribution in [0.2, 0.25) is 0 Å². The molecule has 0 radical (unpaired) electrons. The van der Waals surface area contributed by atoms with Crippen LogP contribution in [0.15, 0.2) is 23.8 Å². The van der Waals surface area contributed by atoms with Crippen molar-refractivity contribution in [2.24, 2.45) is 29.1 Å². The Labute approximate surface area is 234 Å². The summed E-state index contributed by atoms with van der Waals surface area (Å²) in [7, 11) is 0. The number of fused-ring (bicyclic) bond motifs is 3. The molecule has 0 heterocycles. The van der Waals surface area contributed by atoms with E-state index in [1.165, 1.54) is 19.1 Å². The Kier molecular flexibility index (Phi) is 9.82. The fourth-order valence-electron chi connectivity index (χ4n) is 6.93. The number of hydrogen-bond donors (Lipinski definition) is 1. The van der Waals surface area contributed by atoms with E-state index >= 15 is 8.78 Å². The molecular weight excluding hydrogens is 524 g/mol.